The molecule has 2 aromatic rings. The highest BCUT2D eigenvalue weighted by Gasteiger charge is 2.31. The lowest BCUT2D eigenvalue weighted by Gasteiger charge is -2.16. The van der Waals surface area contributed by atoms with Crippen LogP contribution in [0.5, 0.6) is 0 Å². The van der Waals surface area contributed by atoms with Gasteiger partial charge in [-0.15, -0.1) is 0 Å². The van der Waals surface area contributed by atoms with Crippen LogP contribution in [0.1, 0.15) is 41.0 Å². The van der Waals surface area contributed by atoms with E-state index >= 15 is 0 Å². The van der Waals surface area contributed by atoms with E-state index in [-0.39, 0.29) is 30.4 Å². The molecule has 150 valence electrons. The monoisotopic (exact) mass is 396 g/mol. The molecule has 10 nitrogen and oxygen atoms in total. The highest BCUT2D eigenvalue weighted by Crippen LogP contribution is 2.33. The van der Waals surface area contributed by atoms with Crippen molar-refractivity contribution in [3.8, 4) is 0 Å². The van der Waals surface area contributed by atoms with Crippen molar-refractivity contribution in [3.63, 3.8) is 0 Å². The van der Waals surface area contributed by atoms with Gasteiger partial charge in [-0.2, -0.15) is 0 Å². The van der Waals surface area contributed by atoms with Crippen LogP contribution >= 0.6 is 0 Å². The summed E-state index contributed by atoms with van der Waals surface area (Å²) < 4.78 is 31.6. The van der Waals surface area contributed by atoms with Gasteiger partial charge >= 0.3 is 0 Å². The molecule has 0 spiro atoms. The van der Waals surface area contributed by atoms with E-state index in [1.165, 1.54) is 0 Å². The van der Waals surface area contributed by atoms with Crippen LogP contribution in [-0.2, 0) is 11.2 Å². The maximum absolute atomic E-state index is 13.6. The number of nitrogens with one attached hydrogen (secondary N) is 2. The molecule has 2 unspecified atom stereocenters. The maximum atomic E-state index is 13.6. The Kier molecular flexibility index (Phi) is 5.80. The van der Waals surface area contributed by atoms with Crippen LogP contribution < -0.4 is 16.4 Å². The Morgan fingerprint density at radius 1 is 1.39 bits per heavy atom. The zero-order chi connectivity index (χ0) is 20.3. The van der Waals surface area contributed by atoms with E-state index in [0.717, 1.165) is 12.1 Å². The Labute approximate surface area is 157 Å². The summed E-state index contributed by atoms with van der Waals surface area (Å²) in [5, 5.41) is 33.7. The number of oxime groups is 1. The number of carbonyl (C=O) groups excluding carboxylic acids is 1. The van der Waals surface area contributed by atoms with Gasteiger partial charge in [0.25, 0.3) is 0 Å². The third-order valence-electron chi connectivity index (χ3n) is 4.40. The number of aromatic nitrogens is 2. The predicted octanol–water partition coefficient (Wildman–Crippen LogP) is -0.131. The second kappa shape index (κ2) is 8.27. The molecule has 1 aliphatic rings. The lowest BCUT2D eigenvalue weighted by atomic mass is 10.1. The molecule has 0 fully saturated rings. The molecule has 1 aliphatic carbocycles. The predicted molar refractivity (Wildman–Crippen MR) is 90.2 cm³/mol. The zero-order valence-electron chi connectivity index (χ0n) is 14.5. The topological polar surface area (TPSA) is 159 Å². The molecule has 28 heavy (non-hydrogen) atoms. The third kappa shape index (κ3) is 3.77. The number of aliphatic hydroxyl groups excluding tert-OH is 1. The van der Waals surface area contributed by atoms with E-state index in [1.54, 1.807) is 0 Å². The molecule has 1 aromatic carbocycles. The summed E-state index contributed by atoms with van der Waals surface area (Å²) in [7, 11) is 0. The minimum Gasteiger partial charge on any atom is -0.409 e. The molecule has 2 atom stereocenters. The summed E-state index contributed by atoms with van der Waals surface area (Å²) in [6, 6.07) is 0.432. The number of benzene rings is 1. The average molecular weight is 396 g/mol. The molecule has 3 rings (SSSR count). The average Bonchev–Trinajstić information content (AvgIpc) is 3.31. The number of halogens is 2. The number of rotatable bonds is 6. The summed E-state index contributed by atoms with van der Waals surface area (Å²) in [5.74, 6) is -2.75. The first-order chi connectivity index (χ1) is 13.5. The number of amidine groups is 1. The first-order valence-corrected chi connectivity index (χ1v) is 8.39. The Morgan fingerprint density at radius 2 is 2.14 bits per heavy atom. The van der Waals surface area contributed by atoms with Crippen LogP contribution in [0.25, 0.3) is 0 Å². The van der Waals surface area contributed by atoms with Crippen LogP contribution in [0, 0.1) is 11.6 Å². The van der Waals surface area contributed by atoms with Gasteiger partial charge < -0.3 is 26.7 Å². The number of amides is 1. The van der Waals surface area contributed by atoms with Gasteiger partial charge in [-0.1, -0.05) is 10.3 Å². The Hall–Kier alpha value is -3.12. The number of nitrogens with two attached hydrogens (primary N) is 1. The normalized spacial score (nSPS) is 17.3. The first-order valence-electron chi connectivity index (χ1n) is 8.39. The van der Waals surface area contributed by atoms with E-state index in [1.807, 2.05) is 0 Å². The summed E-state index contributed by atoms with van der Waals surface area (Å²) >= 11 is 0. The molecule has 1 heterocycles. The molecule has 0 saturated carbocycles. The van der Waals surface area contributed by atoms with Crippen molar-refractivity contribution in [3.05, 3.63) is 46.3 Å². The third-order valence-corrected chi connectivity index (χ3v) is 4.40. The first kappa shape index (κ1) is 19.6. The van der Waals surface area contributed by atoms with Crippen LogP contribution in [-0.4, -0.2) is 45.5 Å². The fourth-order valence-corrected chi connectivity index (χ4v) is 3.04. The smallest absolute Gasteiger partial charge is 0.243 e. The number of carbonyl (C=O) groups is 1. The molecular formula is C16H18F2N6O4. The van der Waals surface area contributed by atoms with Gasteiger partial charge in [0.15, 0.2) is 23.2 Å². The van der Waals surface area contributed by atoms with E-state index in [0.29, 0.717) is 24.0 Å². The fourth-order valence-electron chi connectivity index (χ4n) is 3.04. The van der Waals surface area contributed by atoms with E-state index < -0.39 is 29.6 Å². The van der Waals surface area contributed by atoms with E-state index in [2.05, 4.69) is 30.7 Å². The SMILES string of the molecule is NC(C(=O)NCCO)c1nonc1/C(=N\O)NC1CCc2cc(F)c(F)cc21. The molecule has 6 N–H and O–H groups in total. The Bertz CT molecular complexity index is 903. The molecule has 12 heteroatoms. The van der Waals surface area contributed by atoms with Gasteiger partial charge in [0.05, 0.1) is 12.6 Å². The van der Waals surface area contributed by atoms with Crippen molar-refractivity contribution in [2.45, 2.75) is 24.9 Å². The summed E-state index contributed by atoms with van der Waals surface area (Å²) in [6.45, 7) is -0.279. The van der Waals surface area contributed by atoms with Crippen molar-refractivity contribution in [2.75, 3.05) is 13.2 Å². The standard InChI is InChI=1S/C16H18F2N6O4/c17-9-5-7-1-2-11(8(7)6-10(9)18)21-15(22-27)14-13(23-28-24-14)12(19)16(26)20-3-4-25/h5-6,11-12,25,27H,1-4,19H2,(H,20,26)(H,21,22). The van der Waals surface area contributed by atoms with Crippen molar-refractivity contribution in [1.82, 2.24) is 20.9 Å². The van der Waals surface area contributed by atoms with Crippen LogP contribution in [0.3, 0.4) is 0 Å². The maximum Gasteiger partial charge on any atom is 0.243 e. The van der Waals surface area contributed by atoms with Gasteiger partial charge in [0.1, 0.15) is 11.7 Å². The Morgan fingerprint density at radius 3 is 2.86 bits per heavy atom. The van der Waals surface area contributed by atoms with Gasteiger partial charge in [-0.05, 0) is 41.3 Å². The van der Waals surface area contributed by atoms with Crippen molar-refractivity contribution < 1.29 is 28.5 Å². The van der Waals surface area contributed by atoms with Gasteiger partial charge in [0.2, 0.25) is 5.91 Å². The number of fused-ring (bicyclic) bond motifs is 1. The van der Waals surface area contributed by atoms with E-state index in [4.69, 9.17) is 10.8 Å². The minimum absolute atomic E-state index is 0.00662. The highest BCUT2D eigenvalue weighted by atomic mass is 19.2. The Balaban J connectivity index is 1.81. The van der Waals surface area contributed by atoms with Crippen LogP contribution in [0.4, 0.5) is 8.78 Å². The molecule has 0 radical (unpaired) electrons. The molecule has 1 amide bonds. The number of aryl methyl sites for hydroxylation is 1. The molecule has 0 aliphatic heterocycles. The summed E-state index contributed by atoms with van der Waals surface area (Å²) in [4.78, 5) is 12.0. The fraction of sp³-hybridized carbons (Fsp3) is 0.375. The van der Waals surface area contributed by atoms with Gasteiger partial charge in [-0.3, -0.25) is 4.79 Å². The minimum atomic E-state index is -1.30. The summed E-state index contributed by atoms with van der Waals surface area (Å²) in [5.41, 5.74) is 6.77. The van der Waals surface area contributed by atoms with E-state index in [9.17, 15) is 18.8 Å². The largest absolute Gasteiger partial charge is 0.409 e. The van der Waals surface area contributed by atoms with Crippen molar-refractivity contribution in [1.29, 1.82) is 0 Å². The van der Waals surface area contributed by atoms with Crippen molar-refractivity contribution >= 4 is 11.7 Å². The molecule has 0 bridgehead atoms. The molecule has 0 saturated heterocycles. The van der Waals surface area contributed by atoms with Crippen molar-refractivity contribution in [2.24, 2.45) is 10.9 Å². The number of nitrogens with zero attached hydrogens (tertiary/aromatic N) is 3. The number of hydrogen-bond donors (Lipinski definition) is 5. The quantitative estimate of drug-likeness (QED) is 0.195. The van der Waals surface area contributed by atoms with Gasteiger partial charge in [-0.25, -0.2) is 13.4 Å². The molecular weight excluding hydrogens is 378 g/mol. The second-order valence-electron chi connectivity index (χ2n) is 6.14. The number of hydrogen-bond acceptors (Lipinski definition) is 8. The lowest BCUT2D eigenvalue weighted by molar-refractivity contribution is -0.122. The van der Waals surface area contributed by atoms with Crippen LogP contribution in [0.15, 0.2) is 21.9 Å². The zero-order valence-corrected chi connectivity index (χ0v) is 14.5. The van der Waals surface area contributed by atoms with Crippen LogP contribution in [0.2, 0.25) is 0 Å². The second-order valence-corrected chi connectivity index (χ2v) is 6.14. The van der Waals surface area contributed by atoms with Gasteiger partial charge in [0, 0.05) is 6.54 Å². The highest BCUT2D eigenvalue weighted by molar-refractivity contribution is 5.99. The lowest BCUT2D eigenvalue weighted by Crippen LogP contribution is -2.37. The summed E-state index contributed by atoms with van der Waals surface area (Å²) in [6.07, 6.45) is 0.983. The molecule has 1 aromatic heterocycles. The number of aliphatic hydroxyl groups is 1.